The molecule has 0 radical (unpaired) electrons. The van der Waals surface area contributed by atoms with Crippen LogP contribution < -0.4 is 0 Å². The Morgan fingerprint density at radius 3 is 2.53 bits per heavy atom. The molecule has 15 heavy (non-hydrogen) atoms. The third-order valence-electron chi connectivity index (χ3n) is 3.87. The molecule has 0 saturated carbocycles. The molecule has 2 nitrogen and oxygen atoms in total. The van der Waals surface area contributed by atoms with Crippen molar-refractivity contribution >= 4 is 11.8 Å². The number of rotatable bonds is 2. The average Bonchev–Trinajstić information content (AvgIpc) is 2.30. The maximum atomic E-state index is 2.76. The van der Waals surface area contributed by atoms with Gasteiger partial charge in [-0.05, 0) is 57.8 Å². The zero-order chi connectivity index (χ0) is 10.7. The first-order valence-electron chi connectivity index (χ1n) is 6.25. The molecule has 1 atom stereocenters. The summed E-state index contributed by atoms with van der Waals surface area (Å²) in [7, 11) is 4.45. The Labute approximate surface area is 98.4 Å². The highest BCUT2D eigenvalue weighted by Gasteiger charge is 2.27. The minimum absolute atomic E-state index is 0.799. The third-order valence-corrected chi connectivity index (χ3v) is 4.91. The van der Waals surface area contributed by atoms with Crippen LogP contribution in [0.1, 0.15) is 25.7 Å². The van der Waals surface area contributed by atoms with Crippen molar-refractivity contribution < 1.29 is 0 Å². The van der Waals surface area contributed by atoms with Gasteiger partial charge >= 0.3 is 0 Å². The summed E-state index contributed by atoms with van der Waals surface area (Å²) in [6, 6.07) is 1.70. The fourth-order valence-electron chi connectivity index (χ4n) is 2.79. The predicted molar refractivity (Wildman–Crippen MR) is 68.6 cm³/mol. The van der Waals surface area contributed by atoms with Gasteiger partial charge in [0.05, 0.1) is 0 Å². The Hall–Kier alpha value is 0.270. The molecule has 2 aliphatic heterocycles. The van der Waals surface area contributed by atoms with Crippen molar-refractivity contribution in [1.29, 1.82) is 0 Å². The molecule has 2 fully saturated rings. The van der Waals surface area contributed by atoms with E-state index in [1.54, 1.807) is 0 Å². The molecule has 0 aromatic rings. The number of likely N-dealkylation sites (N-methyl/N-ethyl adjacent to an activating group) is 1. The summed E-state index contributed by atoms with van der Waals surface area (Å²) in [5.41, 5.74) is 0. The minimum Gasteiger partial charge on any atom is -0.305 e. The Morgan fingerprint density at radius 1 is 1.13 bits per heavy atom. The van der Waals surface area contributed by atoms with E-state index in [2.05, 4.69) is 35.7 Å². The first kappa shape index (κ1) is 11.7. The van der Waals surface area contributed by atoms with Crippen molar-refractivity contribution in [2.24, 2.45) is 0 Å². The van der Waals surface area contributed by atoms with Gasteiger partial charge in [0.2, 0.25) is 0 Å². The largest absolute Gasteiger partial charge is 0.305 e. The normalized spacial score (nSPS) is 31.0. The van der Waals surface area contributed by atoms with Crippen LogP contribution in [0.5, 0.6) is 0 Å². The molecule has 88 valence electrons. The van der Waals surface area contributed by atoms with Gasteiger partial charge in [-0.25, -0.2) is 0 Å². The number of nitrogens with zero attached hydrogens (tertiary/aromatic N) is 2. The van der Waals surface area contributed by atoms with E-state index < -0.39 is 0 Å². The summed E-state index contributed by atoms with van der Waals surface area (Å²) in [5.74, 6) is 2.77. The van der Waals surface area contributed by atoms with Crippen molar-refractivity contribution in [2.75, 3.05) is 38.7 Å². The van der Waals surface area contributed by atoms with Gasteiger partial charge in [0.15, 0.2) is 0 Å². The van der Waals surface area contributed by atoms with Gasteiger partial charge in [-0.2, -0.15) is 11.8 Å². The van der Waals surface area contributed by atoms with Crippen LogP contribution in [0.3, 0.4) is 0 Å². The summed E-state index contributed by atoms with van der Waals surface area (Å²) in [5, 5.41) is 0. The average molecular weight is 228 g/mol. The molecule has 0 unspecified atom stereocenters. The van der Waals surface area contributed by atoms with E-state index in [4.69, 9.17) is 0 Å². The fraction of sp³-hybridized carbons (Fsp3) is 1.00. The number of hydrogen-bond donors (Lipinski definition) is 0. The standard InChI is InChI=1S/C12H24N2S/c1-13(2)12-4-3-7-14(10-12)11-5-8-15-9-6-11/h11-12H,3-10H2,1-2H3/t12-/m1/s1. The molecule has 0 amide bonds. The van der Waals surface area contributed by atoms with Crippen LogP contribution in [-0.4, -0.2) is 60.6 Å². The fourth-order valence-corrected chi connectivity index (χ4v) is 3.87. The summed E-state index contributed by atoms with van der Waals surface area (Å²) >= 11 is 2.13. The van der Waals surface area contributed by atoms with Gasteiger partial charge in [-0.15, -0.1) is 0 Å². The van der Waals surface area contributed by atoms with Gasteiger partial charge in [0.1, 0.15) is 0 Å². The molecule has 2 saturated heterocycles. The molecule has 0 spiro atoms. The summed E-state index contributed by atoms with van der Waals surface area (Å²) in [4.78, 5) is 5.16. The third kappa shape index (κ3) is 3.11. The SMILES string of the molecule is CN(C)[C@@H]1CCCN(C2CCSCC2)C1. The lowest BCUT2D eigenvalue weighted by Gasteiger charge is -2.41. The second-order valence-electron chi connectivity index (χ2n) is 5.10. The van der Waals surface area contributed by atoms with E-state index >= 15 is 0 Å². The van der Waals surface area contributed by atoms with E-state index in [-0.39, 0.29) is 0 Å². The molecule has 0 bridgehead atoms. The van der Waals surface area contributed by atoms with Crippen LogP contribution in [0.2, 0.25) is 0 Å². The van der Waals surface area contributed by atoms with Crippen LogP contribution in [0.4, 0.5) is 0 Å². The molecule has 0 aliphatic carbocycles. The number of thioether (sulfide) groups is 1. The molecule has 2 rings (SSSR count). The molecule has 0 aromatic carbocycles. The quantitative estimate of drug-likeness (QED) is 0.713. The molecule has 2 heterocycles. The Balaban J connectivity index is 1.85. The van der Waals surface area contributed by atoms with Crippen molar-refractivity contribution in [3.63, 3.8) is 0 Å². The van der Waals surface area contributed by atoms with Crippen molar-refractivity contribution in [1.82, 2.24) is 9.80 Å². The number of likely N-dealkylation sites (tertiary alicyclic amines) is 1. The lowest BCUT2D eigenvalue weighted by molar-refractivity contribution is 0.0918. The monoisotopic (exact) mass is 228 g/mol. The van der Waals surface area contributed by atoms with Crippen LogP contribution in [0.25, 0.3) is 0 Å². The van der Waals surface area contributed by atoms with E-state index in [1.165, 1.54) is 50.3 Å². The lowest BCUT2D eigenvalue weighted by Crippen LogP contribution is -2.50. The Bertz CT molecular complexity index is 190. The zero-order valence-electron chi connectivity index (χ0n) is 10.1. The van der Waals surface area contributed by atoms with Gasteiger partial charge < -0.3 is 4.90 Å². The van der Waals surface area contributed by atoms with Gasteiger partial charge in [-0.3, -0.25) is 4.90 Å². The Morgan fingerprint density at radius 2 is 1.87 bits per heavy atom. The first-order valence-corrected chi connectivity index (χ1v) is 7.41. The van der Waals surface area contributed by atoms with Crippen LogP contribution in [0.15, 0.2) is 0 Å². The highest BCUT2D eigenvalue weighted by atomic mass is 32.2. The molecule has 2 aliphatic rings. The maximum absolute atomic E-state index is 2.76. The molecule has 0 aromatic heterocycles. The molecule has 3 heteroatoms. The van der Waals surface area contributed by atoms with E-state index in [0.717, 1.165) is 12.1 Å². The second kappa shape index (κ2) is 5.55. The minimum atomic E-state index is 0.799. The lowest BCUT2D eigenvalue weighted by atomic mass is 10.0. The first-order chi connectivity index (χ1) is 7.27. The molecular formula is C12H24N2S. The molecule has 0 N–H and O–H groups in total. The highest BCUT2D eigenvalue weighted by Crippen LogP contribution is 2.25. The van der Waals surface area contributed by atoms with Crippen molar-refractivity contribution in [3.05, 3.63) is 0 Å². The summed E-state index contributed by atoms with van der Waals surface area (Å²) in [6.07, 6.45) is 5.63. The topological polar surface area (TPSA) is 6.48 Å². The highest BCUT2D eigenvalue weighted by molar-refractivity contribution is 7.99. The predicted octanol–water partition coefficient (Wildman–Crippen LogP) is 1.91. The summed E-state index contributed by atoms with van der Waals surface area (Å²) < 4.78 is 0. The smallest absolute Gasteiger partial charge is 0.0217 e. The van der Waals surface area contributed by atoms with Crippen LogP contribution in [0, 0.1) is 0 Å². The van der Waals surface area contributed by atoms with Crippen molar-refractivity contribution in [2.45, 2.75) is 37.8 Å². The van der Waals surface area contributed by atoms with Gasteiger partial charge in [0, 0.05) is 18.6 Å². The number of piperidine rings is 1. The van der Waals surface area contributed by atoms with E-state index in [0.29, 0.717) is 0 Å². The number of hydrogen-bond acceptors (Lipinski definition) is 3. The summed E-state index contributed by atoms with van der Waals surface area (Å²) in [6.45, 7) is 2.65. The van der Waals surface area contributed by atoms with Crippen LogP contribution in [-0.2, 0) is 0 Å². The second-order valence-corrected chi connectivity index (χ2v) is 6.32. The van der Waals surface area contributed by atoms with Crippen molar-refractivity contribution in [3.8, 4) is 0 Å². The van der Waals surface area contributed by atoms with Gasteiger partial charge in [-0.1, -0.05) is 0 Å². The van der Waals surface area contributed by atoms with Gasteiger partial charge in [0.25, 0.3) is 0 Å². The molecular weight excluding hydrogens is 204 g/mol. The van der Waals surface area contributed by atoms with Crippen LogP contribution >= 0.6 is 11.8 Å². The maximum Gasteiger partial charge on any atom is 0.0217 e. The Kier molecular flexibility index (Phi) is 4.35. The zero-order valence-corrected chi connectivity index (χ0v) is 10.9. The van der Waals surface area contributed by atoms with E-state index in [1.807, 2.05) is 0 Å². The van der Waals surface area contributed by atoms with E-state index in [9.17, 15) is 0 Å².